The number of anilines is 1. The lowest BCUT2D eigenvalue weighted by atomic mass is 10.0. The van der Waals surface area contributed by atoms with Gasteiger partial charge in [-0.1, -0.05) is 0 Å². The summed E-state index contributed by atoms with van der Waals surface area (Å²) in [6.07, 6.45) is 7.48. The third-order valence-electron chi connectivity index (χ3n) is 6.38. The molecule has 3 aliphatic rings. The minimum absolute atomic E-state index is 0.182. The molecule has 7 heteroatoms. The van der Waals surface area contributed by atoms with Crippen molar-refractivity contribution in [2.45, 2.75) is 44.3 Å². The van der Waals surface area contributed by atoms with Crippen LogP contribution >= 0.6 is 0 Å². The van der Waals surface area contributed by atoms with Gasteiger partial charge in [0, 0.05) is 68.8 Å². The number of ether oxygens (including phenoxy) is 2. The number of carbonyl (C=O) groups excluding carboxylic acids is 1. The molecule has 2 fully saturated rings. The average Bonchev–Trinajstić information content (AvgIpc) is 3.42. The molecule has 0 unspecified atom stereocenters. The van der Waals surface area contributed by atoms with Gasteiger partial charge in [0.15, 0.2) is 11.5 Å². The summed E-state index contributed by atoms with van der Waals surface area (Å²) in [6, 6.07) is 11.1. The second-order valence-electron chi connectivity index (χ2n) is 8.34. The van der Waals surface area contributed by atoms with Crippen LogP contribution in [0.25, 0.3) is 0 Å². The maximum atomic E-state index is 11.7. The van der Waals surface area contributed by atoms with E-state index in [-0.39, 0.29) is 11.9 Å². The summed E-state index contributed by atoms with van der Waals surface area (Å²) in [5.41, 5.74) is 2.47. The second-order valence-corrected chi connectivity index (χ2v) is 8.34. The highest BCUT2D eigenvalue weighted by molar-refractivity contribution is 5.78. The minimum Gasteiger partial charge on any atom is -0.454 e. The van der Waals surface area contributed by atoms with Crippen LogP contribution in [-0.2, 0) is 11.3 Å². The summed E-state index contributed by atoms with van der Waals surface area (Å²) < 4.78 is 11.0. The highest BCUT2D eigenvalue weighted by Crippen LogP contribution is 2.36. The van der Waals surface area contributed by atoms with E-state index in [0.717, 1.165) is 56.9 Å². The lowest BCUT2D eigenvalue weighted by molar-refractivity contribution is -0.119. The van der Waals surface area contributed by atoms with Gasteiger partial charge in [-0.25, -0.2) is 0 Å². The Kier molecular flexibility index (Phi) is 5.45. The van der Waals surface area contributed by atoms with Crippen LogP contribution < -0.4 is 19.7 Å². The Hall–Kier alpha value is -2.80. The molecule has 2 aromatic rings. The third-order valence-corrected chi connectivity index (χ3v) is 6.38. The molecule has 1 atom stereocenters. The van der Waals surface area contributed by atoms with Gasteiger partial charge in [0.25, 0.3) is 0 Å². The smallest absolute Gasteiger partial charge is 0.231 e. The number of pyridine rings is 1. The van der Waals surface area contributed by atoms with Crippen molar-refractivity contribution < 1.29 is 14.3 Å². The summed E-state index contributed by atoms with van der Waals surface area (Å²) >= 11 is 0. The first-order valence-electron chi connectivity index (χ1n) is 10.8. The molecule has 1 N–H and O–H groups in total. The topological polar surface area (TPSA) is 66.9 Å². The summed E-state index contributed by atoms with van der Waals surface area (Å²) in [4.78, 5) is 20.8. The molecular formula is C23H28N4O3. The predicted molar refractivity (Wildman–Crippen MR) is 114 cm³/mol. The number of benzene rings is 1. The quantitative estimate of drug-likeness (QED) is 0.793. The molecule has 5 rings (SSSR count). The van der Waals surface area contributed by atoms with E-state index < -0.39 is 0 Å². The Morgan fingerprint density at radius 3 is 2.63 bits per heavy atom. The monoisotopic (exact) mass is 408 g/mol. The number of piperidine rings is 1. The first kappa shape index (κ1) is 19.2. The van der Waals surface area contributed by atoms with Crippen LogP contribution in [0.5, 0.6) is 11.5 Å². The van der Waals surface area contributed by atoms with E-state index in [0.29, 0.717) is 19.3 Å². The number of nitrogens with zero attached hydrogens (tertiary/aromatic N) is 3. The lowest BCUT2D eigenvalue weighted by Gasteiger charge is -2.40. The maximum Gasteiger partial charge on any atom is 0.231 e. The van der Waals surface area contributed by atoms with Crippen molar-refractivity contribution in [3.05, 3.63) is 48.3 Å². The van der Waals surface area contributed by atoms with Crippen molar-refractivity contribution in [1.82, 2.24) is 15.2 Å². The van der Waals surface area contributed by atoms with Gasteiger partial charge in [0.1, 0.15) is 0 Å². The first-order valence-corrected chi connectivity index (χ1v) is 10.8. The number of nitrogens with one attached hydrogen (secondary N) is 1. The molecule has 3 aliphatic heterocycles. The zero-order chi connectivity index (χ0) is 20.3. The number of fused-ring (bicyclic) bond motifs is 1. The number of aromatic nitrogens is 1. The highest BCUT2D eigenvalue weighted by atomic mass is 16.7. The van der Waals surface area contributed by atoms with E-state index in [2.05, 4.69) is 44.4 Å². The van der Waals surface area contributed by atoms with Gasteiger partial charge in [-0.2, -0.15) is 0 Å². The summed E-state index contributed by atoms with van der Waals surface area (Å²) in [5.74, 6) is 1.85. The molecule has 7 nitrogen and oxygen atoms in total. The zero-order valence-corrected chi connectivity index (χ0v) is 17.1. The van der Waals surface area contributed by atoms with Crippen molar-refractivity contribution >= 4 is 11.6 Å². The fourth-order valence-electron chi connectivity index (χ4n) is 4.73. The van der Waals surface area contributed by atoms with Crippen molar-refractivity contribution in [1.29, 1.82) is 0 Å². The molecule has 0 saturated carbocycles. The van der Waals surface area contributed by atoms with Crippen molar-refractivity contribution in [2.75, 3.05) is 31.3 Å². The third kappa shape index (κ3) is 4.21. The van der Waals surface area contributed by atoms with Gasteiger partial charge in [-0.15, -0.1) is 0 Å². The van der Waals surface area contributed by atoms with Crippen LogP contribution in [0.3, 0.4) is 0 Å². The van der Waals surface area contributed by atoms with Crippen LogP contribution in [0.4, 0.5) is 5.69 Å². The number of hydrogen-bond donors (Lipinski definition) is 1. The number of hydrogen-bond acceptors (Lipinski definition) is 6. The van der Waals surface area contributed by atoms with Crippen LogP contribution in [0.2, 0.25) is 0 Å². The van der Waals surface area contributed by atoms with E-state index in [1.807, 2.05) is 18.5 Å². The molecule has 0 aliphatic carbocycles. The molecule has 0 radical (unpaired) electrons. The van der Waals surface area contributed by atoms with E-state index >= 15 is 0 Å². The van der Waals surface area contributed by atoms with E-state index in [1.165, 1.54) is 11.3 Å². The van der Waals surface area contributed by atoms with Crippen LogP contribution in [0, 0.1) is 0 Å². The molecule has 0 bridgehead atoms. The van der Waals surface area contributed by atoms with E-state index in [1.54, 1.807) is 0 Å². The fraction of sp³-hybridized carbons (Fsp3) is 0.478. The number of carbonyl (C=O) groups is 1. The standard InChI is InChI=1S/C23H28N4O3/c28-23-4-1-18(25-23)15-27(14-17-5-9-24-10-6-17)19-7-11-26(12-8-19)20-2-3-21-22(13-20)30-16-29-21/h2-3,5-6,9-10,13,18-19H,1,4,7-8,11-12,14-16H2,(H,25,28)/t18-/m0/s1. The van der Waals surface area contributed by atoms with Gasteiger partial charge in [-0.05, 0) is 49.1 Å². The van der Waals surface area contributed by atoms with E-state index in [4.69, 9.17) is 9.47 Å². The average molecular weight is 409 g/mol. The summed E-state index contributed by atoms with van der Waals surface area (Å²) in [6.45, 7) is 4.12. The predicted octanol–water partition coefficient (Wildman–Crippen LogP) is 2.56. The first-order chi connectivity index (χ1) is 14.7. The van der Waals surface area contributed by atoms with Gasteiger partial charge >= 0.3 is 0 Å². The molecule has 1 amide bonds. The van der Waals surface area contributed by atoms with Gasteiger partial charge in [0.05, 0.1) is 0 Å². The minimum atomic E-state index is 0.182. The van der Waals surface area contributed by atoms with Crippen molar-refractivity contribution in [2.24, 2.45) is 0 Å². The summed E-state index contributed by atoms with van der Waals surface area (Å²) in [5, 5.41) is 3.14. The largest absolute Gasteiger partial charge is 0.454 e. The lowest BCUT2D eigenvalue weighted by Crippen LogP contribution is -2.48. The molecular weight excluding hydrogens is 380 g/mol. The normalized spacial score (nSPS) is 21.3. The molecule has 0 spiro atoms. The van der Waals surface area contributed by atoms with Crippen LogP contribution in [0.15, 0.2) is 42.7 Å². The zero-order valence-electron chi connectivity index (χ0n) is 17.1. The van der Waals surface area contributed by atoms with Gasteiger partial charge in [0.2, 0.25) is 12.7 Å². The number of rotatable bonds is 6. The fourth-order valence-corrected chi connectivity index (χ4v) is 4.73. The molecule has 4 heterocycles. The molecule has 2 saturated heterocycles. The van der Waals surface area contributed by atoms with Gasteiger partial charge in [-0.3, -0.25) is 14.7 Å². The molecule has 1 aromatic carbocycles. The SMILES string of the molecule is O=C1CC[C@@H](CN(Cc2ccncc2)C2CCN(c3ccc4c(c3)OCO4)CC2)N1. The molecule has 1 aromatic heterocycles. The van der Waals surface area contributed by atoms with Crippen molar-refractivity contribution in [3.8, 4) is 11.5 Å². The Labute approximate surface area is 177 Å². The van der Waals surface area contributed by atoms with Crippen molar-refractivity contribution in [3.63, 3.8) is 0 Å². The molecule has 158 valence electrons. The second kappa shape index (κ2) is 8.52. The van der Waals surface area contributed by atoms with E-state index in [9.17, 15) is 4.79 Å². The summed E-state index contributed by atoms with van der Waals surface area (Å²) in [7, 11) is 0. The highest BCUT2D eigenvalue weighted by Gasteiger charge is 2.30. The Morgan fingerprint density at radius 1 is 1.07 bits per heavy atom. The Morgan fingerprint density at radius 2 is 1.87 bits per heavy atom. The van der Waals surface area contributed by atoms with Gasteiger partial charge < -0.3 is 19.7 Å². The Balaban J connectivity index is 1.25. The number of amides is 1. The Bertz CT molecular complexity index is 883. The van der Waals surface area contributed by atoms with Crippen LogP contribution in [-0.4, -0.2) is 54.3 Å². The maximum absolute atomic E-state index is 11.7. The van der Waals surface area contributed by atoms with Crippen LogP contribution in [0.1, 0.15) is 31.2 Å². The molecule has 30 heavy (non-hydrogen) atoms.